The minimum Gasteiger partial charge on any atom is -0.497 e. The number of hydrogen-bond acceptors (Lipinski definition) is 4. The Bertz CT molecular complexity index is 1040. The molecule has 0 aliphatic carbocycles. The molecule has 1 amide bonds. The van der Waals surface area contributed by atoms with Crippen LogP contribution >= 0.6 is 0 Å². The van der Waals surface area contributed by atoms with Crippen LogP contribution in [0.5, 0.6) is 11.5 Å². The monoisotopic (exact) mass is 475 g/mol. The van der Waals surface area contributed by atoms with Crippen molar-refractivity contribution in [2.45, 2.75) is 58.3 Å². The fourth-order valence-corrected chi connectivity index (χ4v) is 4.03. The molecule has 0 fully saturated rings. The number of amides is 1. The Morgan fingerprint density at radius 2 is 1.46 bits per heavy atom. The van der Waals surface area contributed by atoms with Crippen molar-refractivity contribution in [3.05, 3.63) is 90.0 Å². The van der Waals surface area contributed by atoms with Gasteiger partial charge in [-0.3, -0.25) is 4.79 Å². The van der Waals surface area contributed by atoms with E-state index in [9.17, 15) is 4.79 Å². The van der Waals surface area contributed by atoms with E-state index in [1.165, 1.54) is 0 Å². The maximum atomic E-state index is 14.0. The quantitative estimate of drug-likeness (QED) is 0.241. The van der Waals surface area contributed by atoms with Crippen LogP contribution in [0.4, 0.5) is 5.69 Å². The van der Waals surface area contributed by atoms with Crippen LogP contribution in [-0.2, 0) is 22.7 Å². The number of carbonyl (C=O) groups excluding carboxylic acids is 1. The Kier molecular flexibility index (Phi) is 10.6. The summed E-state index contributed by atoms with van der Waals surface area (Å²) in [4.78, 5) is 15.8. The van der Waals surface area contributed by atoms with Crippen LogP contribution in [-0.4, -0.2) is 26.2 Å². The first-order valence-corrected chi connectivity index (χ1v) is 12.4. The molecule has 0 bridgehead atoms. The summed E-state index contributed by atoms with van der Waals surface area (Å²) >= 11 is 0. The van der Waals surface area contributed by atoms with Crippen LogP contribution in [0, 0.1) is 0 Å². The van der Waals surface area contributed by atoms with E-state index in [4.69, 9.17) is 14.2 Å². The van der Waals surface area contributed by atoms with Gasteiger partial charge >= 0.3 is 0 Å². The summed E-state index contributed by atoms with van der Waals surface area (Å²) in [7, 11) is 3.30. The number of carbonyl (C=O) groups is 1. The highest BCUT2D eigenvalue weighted by Gasteiger charge is 2.26. The Labute approximate surface area is 209 Å². The second-order valence-electron chi connectivity index (χ2n) is 8.61. The lowest BCUT2D eigenvalue weighted by molar-refractivity contribution is -0.131. The third-order valence-electron chi connectivity index (χ3n) is 5.99. The first-order valence-electron chi connectivity index (χ1n) is 12.4. The van der Waals surface area contributed by atoms with Gasteiger partial charge in [-0.15, -0.1) is 0 Å². The van der Waals surface area contributed by atoms with Gasteiger partial charge in [0.05, 0.1) is 27.4 Å². The molecule has 1 atom stereocenters. The largest absolute Gasteiger partial charge is 0.497 e. The molecule has 5 heteroatoms. The number of anilines is 1. The van der Waals surface area contributed by atoms with E-state index in [1.807, 2.05) is 83.8 Å². The standard InChI is InChI=1S/C30H37NO4/c1-4-5-6-10-19-29(35-23-25-14-12-18-28(21-25)34-3)30(32)31(26-15-8-7-9-16-26)22-24-13-11-17-27(20-24)33-2/h7-9,11-18,20-21,29H,4-6,10,19,22-23H2,1-3H3. The Balaban J connectivity index is 1.83. The van der Waals surface area contributed by atoms with Crippen LogP contribution in [0.2, 0.25) is 0 Å². The molecule has 0 aromatic heterocycles. The number of ether oxygens (including phenoxy) is 3. The average molecular weight is 476 g/mol. The van der Waals surface area contributed by atoms with E-state index in [0.29, 0.717) is 19.6 Å². The SMILES string of the molecule is CCCCCCC(OCc1cccc(OC)c1)C(=O)N(Cc1cccc(OC)c1)c1ccccc1. The topological polar surface area (TPSA) is 48.0 Å². The number of rotatable bonds is 14. The summed E-state index contributed by atoms with van der Waals surface area (Å²) in [6, 6.07) is 25.4. The number of methoxy groups -OCH3 is 2. The van der Waals surface area contributed by atoms with Gasteiger partial charge in [0.25, 0.3) is 5.91 Å². The van der Waals surface area contributed by atoms with Gasteiger partial charge in [0.15, 0.2) is 0 Å². The lowest BCUT2D eigenvalue weighted by atomic mass is 10.1. The Morgan fingerprint density at radius 1 is 0.800 bits per heavy atom. The van der Waals surface area contributed by atoms with E-state index >= 15 is 0 Å². The normalized spacial score (nSPS) is 11.6. The van der Waals surface area contributed by atoms with Gasteiger partial charge in [-0.1, -0.05) is 75.1 Å². The van der Waals surface area contributed by atoms with Gasteiger partial charge in [-0.05, 0) is 53.9 Å². The fraction of sp³-hybridized carbons (Fsp3) is 0.367. The molecular formula is C30H37NO4. The molecule has 1 unspecified atom stereocenters. The van der Waals surface area contributed by atoms with Gasteiger partial charge in [0, 0.05) is 5.69 Å². The van der Waals surface area contributed by atoms with E-state index in [2.05, 4.69) is 6.92 Å². The minimum absolute atomic E-state index is 0.0292. The fourth-order valence-electron chi connectivity index (χ4n) is 4.03. The maximum absolute atomic E-state index is 14.0. The maximum Gasteiger partial charge on any atom is 0.256 e. The van der Waals surface area contributed by atoms with Crippen molar-refractivity contribution in [1.82, 2.24) is 0 Å². The van der Waals surface area contributed by atoms with Crippen LogP contribution in [0.25, 0.3) is 0 Å². The number of para-hydroxylation sites is 1. The van der Waals surface area contributed by atoms with E-state index in [1.54, 1.807) is 14.2 Å². The summed E-state index contributed by atoms with van der Waals surface area (Å²) < 4.78 is 17.0. The Hall–Kier alpha value is -3.31. The molecule has 3 aromatic carbocycles. The molecule has 0 heterocycles. The number of unbranched alkanes of at least 4 members (excludes halogenated alkanes) is 3. The molecule has 3 aromatic rings. The van der Waals surface area contributed by atoms with E-state index in [-0.39, 0.29) is 5.91 Å². The molecule has 0 radical (unpaired) electrons. The smallest absolute Gasteiger partial charge is 0.256 e. The van der Waals surface area contributed by atoms with Gasteiger partial charge in [0.1, 0.15) is 17.6 Å². The van der Waals surface area contributed by atoms with E-state index < -0.39 is 6.10 Å². The molecule has 0 N–H and O–H groups in total. The third kappa shape index (κ3) is 8.15. The molecule has 0 saturated heterocycles. The lowest BCUT2D eigenvalue weighted by Crippen LogP contribution is -2.40. The summed E-state index contributed by atoms with van der Waals surface area (Å²) in [5.74, 6) is 1.52. The summed E-state index contributed by atoms with van der Waals surface area (Å²) in [6.07, 6.45) is 4.49. The van der Waals surface area contributed by atoms with Crippen LogP contribution in [0.15, 0.2) is 78.9 Å². The second-order valence-corrected chi connectivity index (χ2v) is 8.61. The van der Waals surface area contributed by atoms with Crippen LogP contribution < -0.4 is 14.4 Å². The molecular weight excluding hydrogens is 438 g/mol. The van der Waals surface area contributed by atoms with Crippen LogP contribution in [0.3, 0.4) is 0 Å². The number of hydrogen-bond donors (Lipinski definition) is 0. The molecule has 3 rings (SSSR count). The van der Waals surface area contributed by atoms with Gasteiger partial charge in [0.2, 0.25) is 0 Å². The molecule has 186 valence electrons. The van der Waals surface area contributed by atoms with Crippen molar-refractivity contribution in [1.29, 1.82) is 0 Å². The number of nitrogens with zero attached hydrogens (tertiary/aromatic N) is 1. The van der Waals surface area contributed by atoms with Gasteiger partial charge in [-0.25, -0.2) is 0 Å². The van der Waals surface area contributed by atoms with Crippen molar-refractivity contribution in [2.24, 2.45) is 0 Å². The molecule has 0 spiro atoms. The van der Waals surface area contributed by atoms with Gasteiger partial charge < -0.3 is 19.1 Å². The molecule has 0 saturated carbocycles. The first kappa shape index (κ1) is 26.3. The highest BCUT2D eigenvalue weighted by atomic mass is 16.5. The van der Waals surface area contributed by atoms with Crippen molar-refractivity contribution in [2.75, 3.05) is 19.1 Å². The summed E-state index contributed by atoms with van der Waals surface area (Å²) in [5, 5.41) is 0. The molecule has 0 aliphatic heterocycles. The van der Waals surface area contributed by atoms with E-state index in [0.717, 1.165) is 54.0 Å². The zero-order chi connectivity index (χ0) is 24.9. The van der Waals surface area contributed by atoms with Crippen LogP contribution in [0.1, 0.15) is 50.2 Å². The van der Waals surface area contributed by atoms with Crippen molar-refractivity contribution >= 4 is 11.6 Å². The third-order valence-corrected chi connectivity index (χ3v) is 5.99. The molecule has 35 heavy (non-hydrogen) atoms. The molecule has 5 nitrogen and oxygen atoms in total. The zero-order valence-electron chi connectivity index (χ0n) is 21.1. The Morgan fingerprint density at radius 3 is 2.11 bits per heavy atom. The first-order chi connectivity index (χ1) is 17.1. The minimum atomic E-state index is -0.538. The van der Waals surface area contributed by atoms with Gasteiger partial charge in [-0.2, -0.15) is 0 Å². The average Bonchev–Trinajstić information content (AvgIpc) is 2.91. The lowest BCUT2D eigenvalue weighted by Gasteiger charge is -2.28. The second kappa shape index (κ2) is 14.2. The summed E-state index contributed by atoms with van der Waals surface area (Å²) in [5.41, 5.74) is 2.83. The van der Waals surface area contributed by atoms with Crippen molar-refractivity contribution in [3.8, 4) is 11.5 Å². The molecule has 0 aliphatic rings. The number of benzene rings is 3. The zero-order valence-corrected chi connectivity index (χ0v) is 21.1. The predicted octanol–water partition coefficient (Wildman–Crippen LogP) is 6.79. The summed E-state index contributed by atoms with van der Waals surface area (Å²) in [6.45, 7) is 2.98. The predicted molar refractivity (Wildman–Crippen MR) is 141 cm³/mol. The van der Waals surface area contributed by atoms with Crippen molar-refractivity contribution in [3.63, 3.8) is 0 Å². The highest BCUT2D eigenvalue weighted by Crippen LogP contribution is 2.24. The highest BCUT2D eigenvalue weighted by molar-refractivity contribution is 5.96. The van der Waals surface area contributed by atoms with Crippen molar-refractivity contribution < 1.29 is 19.0 Å².